The van der Waals surface area contributed by atoms with Crippen molar-refractivity contribution in [3.8, 4) is 11.5 Å². The number of hydrogen-bond donors (Lipinski definition) is 0. The zero-order chi connectivity index (χ0) is 18.5. The summed E-state index contributed by atoms with van der Waals surface area (Å²) in [6, 6.07) is 13.6. The summed E-state index contributed by atoms with van der Waals surface area (Å²) in [6.07, 6.45) is 0.570. The molecule has 0 aliphatic carbocycles. The second-order valence-corrected chi connectivity index (χ2v) is 5.77. The molecule has 1 heterocycles. The molecule has 6 heteroatoms. The van der Waals surface area contributed by atoms with Crippen LogP contribution in [0.25, 0.3) is 0 Å². The lowest BCUT2D eigenvalue weighted by Crippen LogP contribution is -2.12. The van der Waals surface area contributed by atoms with Crippen LogP contribution in [0.4, 0.5) is 0 Å². The molecule has 134 valence electrons. The van der Waals surface area contributed by atoms with Crippen molar-refractivity contribution < 1.29 is 19.0 Å². The molecular formula is C20H20N2O4. The molecule has 0 bridgehead atoms. The van der Waals surface area contributed by atoms with Crippen LogP contribution >= 0.6 is 0 Å². The van der Waals surface area contributed by atoms with E-state index < -0.39 is 0 Å². The van der Waals surface area contributed by atoms with Gasteiger partial charge in [-0.3, -0.25) is 4.79 Å². The molecule has 0 unspecified atom stereocenters. The van der Waals surface area contributed by atoms with Gasteiger partial charge in [0.1, 0.15) is 5.71 Å². The van der Waals surface area contributed by atoms with Gasteiger partial charge in [0.05, 0.1) is 33.5 Å². The van der Waals surface area contributed by atoms with Gasteiger partial charge in [0.2, 0.25) is 0 Å². The Bertz CT molecular complexity index is 873. The van der Waals surface area contributed by atoms with Crippen molar-refractivity contribution in [2.45, 2.75) is 12.8 Å². The Hall–Kier alpha value is -3.15. The number of nitrogens with zero attached hydrogens (tertiary/aromatic N) is 2. The Morgan fingerprint density at radius 2 is 1.69 bits per heavy atom. The van der Waals surface area contributed by atoms with Gasteiger partial charge in [-0.15, -0.1) is 5.10 Å². The highest BCUT2D eigenvalue weighted by atomic mass is 16.5. The first-order chi connectivity index (χ1) is 12.7. The summed E-state index contributed by atoms with van der Waals surface area (Å²) in [7, 11) is 4.55. The third-order valence-electron chi connectivity index (χ3n) is 4.17. The fraction of sp³-hybridized carbons (Fsp3) is 0.250. The number of carbonyl (C=O) groups is 1. The first kappa shape index (κ1) is 17.7. The maximum Gasteiger partial charge on any atom is 0.311 e. The third-order valence-corrected chi connectivity index (χ3v) is 4.17. The Balaban J connectivity index is 2.14. The third kappa shape index (κ3) is 3.59. The van der Waals surface area contributed by atoms with Crippen LogP contribution in [-0.2, 0) is 16.0 Å². The van der Waals surface area contributed by atoms with Gasteiger partial charge in [-0.2, -0.15) is 5.10 Å². The molecule has 3 rings (SSSR count). The molecule has 26 heavy (non-hydrogen) atoms. The van der Waals surface area contributed by atoms with Gasteiger partial charge in [-0.25, -0.2) is 0 Å². The topological polar surface area (TPSA) is 69.5 Å². The summed E-state index contributed by atoms with van der Waals surface area (Å²) in [4.78, 5) is 11.7. The molecule has 0 N–H and O–H groups in total. The van der Waals surface area contributed by atoms with E-state index >= 15 is 0 Å². The minimum absolute atomic E-state index is 0.0931. The van der Waals surface area contributed by atoms with Crippen LogP contribution in [0.5, 0.6) is 11.5 Å². The molecular weight excluding hydrogens is 332 g/mol. The summed E-state index contributed by atoms with van der Waals surface area (Å²) in [6.45, 7) is 0. The lowest BCUT2D eigenvalue weighted by atomic mass is 9.93. The Morgan fingerprint density at radius 3 is 2.35 bits per heavy atom. The number of fused-ring (bicyclic) bond motifs is 1. The van der Waals surface area contributed by atoms with E-state index in [2.05, 4.69) is 10.2 Å². The Morgan fingerprint density at radius 1 is 1.00 bits per heavy atom. The van der Waals surface area contributed by atoms with Crippen molar-refractivity contribution >= 4 is 17.4 Å². The molecule has 0 radical (unpaired) electrons. The quantitative estimate of drug-likeness (QED) is 0.776. The van der Waals surface area contributed by atoms with Crippen LogP contribution in [-0.4, -0.2) is 38.7 Å². The molecule has 0 atom stereocenters. The fourth-order valence-electron chi connectivity index (χ4n) is 2.86. The van der Waals surface area contributed by atoms with Gasteiger partial charge in [0, 0.05) is 17.5 Å². The van der Waals surface area contributed by atoms with E-state index in [0.29, 0.717) is 23.6 Å². The SMILES string of the molecule is COC(=O)CC1=NN=C(c2ccccc2)c2cc(OC)c(OC)cc2C1. The number of benzene rings is 2. The monoisotopic (exact) mass is 352 g/mol. The number of rotatable bonds is 5. The highest BCUT2D eigenvalue weighted by Gasteiger charge is 2.21. The van der Waals surface area contributed by atoms with Crippen LogP contribution in [0.2, 0.25) is 0 Å². The average molecular weight is 352 g/mol. The van der Waals surface area contributed by atoms with Crippen LogP contribution < -0.4 is 9.47 Å². The minimum Gasteiger partial charge on any atom is -0.493 e. The van der Waals surface area contributed by atoms with Gasteiger partial charge >= 0.3 is 5.97 Å². The zero-order valence-electron chi connectivity index (χ0n) is 15.0. The van der Waals surface area contributed by atoms with Crippen LogP contribution in [0, 0.1) is 0 Å². The zero-order valence-corrected chi connectivity index (χ0v) is 15.0. The summed E-state index contributed by atoms with van der Waals surface area (Å²) in [5.74, 6) is 0.897. The summed E-state index contributed by atoms with van der Waals surface area (Å²) < 4.78 is 15.6. The van der Waals surface area contributed by atoms with Gasteiger partial charge in [-0.05, 0) is 17.7 Å². The number of carbonyl (C=O) groups excluding carboxylic acids is 1. The largest absolute Gasteiger partial charge is 0.493 e. The molecule has 1 aliphatic rings. The minimum atomic E-state index is -0.343. The molecule has 0 spiro atoms. The van der Waals surface area contributed by atoms with Crippen LogP contribution in [0.3, 0.4) is 0 Å². The normalized spacial score (nSPS) is 13.0. The van der Waals surface area contributed by atoms with E-state index in [1.54, 1.807) is 14.2 Å². The standard InChI is InChI=1S/C20H20N2O4/c1-24-17-10-14-9-15(11-19(23)26-3)21-22-20(13-7-5-4-6-8-13)16(14)12-18(17)25-2/h4-8,10,12H,9,11H2,1-3H3. The first-order valence-corrected chi connectivity index (χ1v) is 8.17. The van der Waals surface area contributed by atoms with E-state index in [4.69, 9.17) is 14.2 Å². The lowest BCUT2D eigenvalue weighted by molar-refractivity contribution is -0.139. The summed E-state index contributed by atoms with van der Waals surface area (Å²) in [5, 5.41) is 8.75. The maximum absolute atomic E-state index is 11.7. The number of ether oxygens (including phenoxy) is 3. The summed E-state index contributed by atoms with van der Waals surface area (Å²) in [5.41, 5.74) is 4.16. The molecule has 1 aliphatic heterocycles. The van der Waals surface area contributed by atoms with Crippen molar-refractivity contribution in [2.75, 3.05) is 21.3 Å². The van der Waals surface area contributed by atoms with E-state index in [0.717, 1.165) is 22.4 Å². The summed E-state index contributed by atoms with van der Waals surface area (Å²) >= 11 is 0. The fourth-order valence-corrected chi connectivity index (χ4v) is 2.86. The second kappa shape index (κ2) is 7.82. The molecule has 2 aromatic rings. The maximum atomic E-state index is 11.7. The predicted octanol–water partition coefficient (Wildman–Crippen LogP) is 3.02. The second-order valence-electron chi connectivity index (χ2n) is 5.77. The molecule has 0 fully saturated rings. The van der Waals surface area contributed by atoms with E-state index in [1.165, 1.54) is 7.11 Å². The first-order valence-electron chi connectivity index (χ1n) is 8.17. The molecule has 6 nitrogen and oxygen atoms in total. The van der Waals surface area contributed by atoms with Gasteiger partial charge in [-0.1, -0.05) is 30.3 Å². The van der Waals surface area contributed by atoms with Crippen molar-refractivity contribution in [3.63, 3.8) is 0 Å². The van der Waals surface area contributed by atoms with Crippen LogP contribution in [0.1, 0.15) is 23.1 Å². The molecule has 0 aromatic heterocycles. The van der Waals surface area contributed by atoms with Gasteiger partial charge < -0.3 is 14.2 Å². The number of methoxy groups -OCH3 is 3. The smallest absolute Gasteiger partial charge is 0.311 e. The van der Waals surface area contributed by atoms with E-state index in [-0.39, 0.29) is 12.4 Å². The Kier molecular flexibility index (Phi) is 5.31. The average Bonchev–Trinajstić information content (AvgIpc) is 2.85. The number of hydrogen-bond acceptors (Lipinski definition) is 6. The lowest BCUT2D eigenvalue weighted by Gasteiger charge is -2.15. The van der Waals surface area contributed by atoms with E-state index in [9.17, 15) is 4.79 Å². The molecule has 2 aromatic carbocycles. The van der Waals surface area contributed by atoms with Crippen molar-refractivity contribution in [3.05, 3.63) is 59.2 Å². The Labute approximate surface area is 152 Å². The molecule has 0 saturated heterocycles. The van der Waals surface area contributed by atoms with Crippen molar-refractivity contribution in [1.29, 1.82) is 0 Å². The molecule has 0 amide bonds. The predicted molar refractivity (Wildman–Crippen MR) is 99.4 cm³/mol. The number of esters is 1. The van der Waals surface area contributed by atoms with E-state index in [1.807, 2.05) is 42.5 Å². The molecule has 0 saturated carbocycles. The van der Waals surface area contributed by atoms with Crippen molar-refractivity contribution in [2.24, 2.45) is 10.2 Å². The highest BCUT2D eigenvalue weighted by Crippen LogP contribution is 2.33. The van der Waals surface area contributed by atoms with Crippen molar-refractivity contribution in [1.82, 2.24) is 0 Å². The van der Waals surface area contributed by atoms with Crippen LogP contribution in [0.15, 0.2) is 52.7 Å². The van der Waals surface area contributed by atoms with Gasteiger partial charge in [0.25, 0.3) is 0 Å². The highest BCUT2D eigenvalue weighted by molar-refractivity contribution is 6.16. The van der Waals surface area contributed by atoms with Gasteiger partial charge in [0.15, 0.2) is 11.5 Å².